The van der Waals surface area contributed by atoms with Crippen molar-refractivity contribution in [3.8, 4) is 0 Å². The smallest absolute Gasteiger partial charge is 0.323 e. The molecule has 0 saturated carbocycles. The number of nitrogens with one attached hydrogen (secondary N) is 1. The molecule has 25 nitrogen and oxygen atoms in total. The summed E-state index contributed by atoms with van der Waals surface area (Å²) in [7, 11) is -8.18. The molecule has 5 aromatic rings. The van der Waals surface area contributed by atoms with Gasteiger partial charge in [0.2, 0.25) is 35.9 Å². The Morgan fingerprint density at radius 2 is 0.800 bits per heavy atom. The zero-order valence-corrected chi connectivity index (χ0v) is 57.8. The fraction of sp³-hybridized carbons (Fsp3) is 0.410. The van der Waals surface area contributed by atoms with Gasteiger partial charge in [-0.3, -0.25) is 52.2 Å². The van der Waals surface area contributed by atoms with Gasteiger partial charge in [0.1, 0.15) is 28.6 Å². The Hall–Kier alpha value is -8.69. The number of nitro benzene ring substituents is 1. The average molecular weight is 1430 g/mol. The van der Waals surface area contributed by atoms with Crippen LogP contribution in [-0.2, 0) is 77.8 Å². The number of alkyl halides is 1. The number of nitrogen functional groups attached to an aromatic ring is 1. The van der Waals surface area contributed by atoms with Crippen LogP contribution in [0, 0.1) is 39.2 Å². The number of nitrogens with two attached hydrogens (primary N) is 1. The number of carboxylic acid groups (broad SMARTS) is 2. The van der Waals surface area contributed by atoms with Crippen LogP contribution in [0.3, 0.4) is 0 Å². The number of esters is 4. The summed E-state index contributed by atoms with van der Waals surface area (Å²) < 4.78 is 157. The fourth-order valence-corrected chi connectivity index (χ4v) is 8.68. The van der Waals surface area contributed by atoms with Crippen LogP contribution in [0.4, 0.5) is 50.4 Å². The maximum Gasteiger partial charge on any atom is 0.323 e. The summed E-state index contributed by atoms with van der Waals surface area (Å²) in [4.78, 5) is 75.8. The molecular formula is C61H79ClF5N5O20S3. The number of nitrogens with zero attached hydrogens (tertiary/aromatic N) is 3. The molecule has 0 heterocycles. The molecule has 0 fully saturated rings. The van der Waals surface area contributed by atoms with Crippen molar-refractivity contribution in [2.24, 2.45) is 0 Å². The summed E-state index contributed by atoms with van der Waals surface area (Å²) in [5.41, 5.74) is 6.34. The predicted octanol–water partition coefficient (Wildman–Crippen LogP) is 10.3. The highest BCUT2D eigenvalue weighted by molar-refractivity contribution is 7.92. The van der Waals surface area contributed by atoms with E-state index < -0.39 is 129 Å². The number of carbonyl (C=O) groups excluding carboxylic acids is 4. The SMILES string of the molecule is CC(C(=O)O)c1ccc(N(C)S(C)(=O)=O)c(F)c1.CC(C(=O)O)c1ccc(N(C)S(C)(=O)=O)c(F)c1.CCOC(=O)C(C)Cl.CCOC(=O)C(C)c1ccc(N)c(F)c1.CCOC(=O)C(C)c1ccc(NS(C)(=O)=O)c(F)c1.CCOC(=O)C(C)c1ccc([N+](=O)[O-])c(F)c1. The van der Waals surface area contributed by atoms with Crippen LogP contribution >= 0.6 is 11.6 Å². The van der Waals surface area contributed by atoms with Gasteiger partial charge in [0, 0.05) is 20.2 Å². The number of sulfonamides is 3. The van der Waals surface area contributed by atoms with E-state index in [-0.39, 0.29) is 59.0 Å². The zero-order valence-electron chi connectivity index (χ0n) is 54.6. The Morgan fingerprint density at radius 1 is 0.505 bits per heavy atom. The molecule has 0 radical (unpaired) electrons. The zero-order chi connectivity index (χ0) is 73.8. The van der Waals surface area contributed by atoms with Crippen LogP contribution < -0.4 is 19.1 Å². The molecule has 5 rings (SSSR count). The number of halogens is 6. The molecule has 34 heteroatoms. The van der Waals surface area contributed by atoms with Gasteiger partial charge < -0.3 is 34.9 Å². The first-order valence-corrected chi connectivity index (χ1v) is 34.3. The van der Waals surface area contributed by atoms with Crippen LogP contribution in [0.1, 0.15) is 127 Å². The second-order valence-electron chi connectivity index (χ2n) is 20.2. The summed E-state index contributed by atoms with van der Waals surface area (Å²) in [5, 5.41) is 27.5. The lowest BCUT2D eigenvalue weighted by Crippen LogP contribution is -2.25. The van der Waals surface area contributed by atoms with Crippen molar-refractivity contribution in [2.75, 3.05) is 78.4 Å². The van der Waals surface area contributed by atoms with Crippen LogP contribution in [-0.4, -0.2) is 141 Å². The molecule has 95 heavy (non-hydrogen) atoms. The Kier molecular flexibility index (Phi) is 36.2. The van der Waals surface area contributed by atoms with Gasteiger partial charge in [-0.25, -0.2) is 42.8 Å². The summed E-state index contributed by atoms with van der Waals surface area (Å²) in [6.07, 6.45) is 2.85. The lowest BCUT2D eigenvalue weighted by atomic mass is 10.0. The topological polar surface area (TPSA) is 370 Å². The quantitative estimate of drug-likeness (QED) is 0.00951. The molecule has 0 aliphatic rings. The van der Waals surface area contributed by atoms with Gasteiger partial charge in [0.05, 0.1) is 102 Å². The van der Waals surface area contributed by atoms with Crippen LogP contribution in [0.25, 0.3) is 0 Å². The van der Waals surface area contributed by atoms with Gasteiger partial charge in [-0.05, 0) is 152 Å². The van der Waals surface area contributed by atoms with Gasteiger partial charge in [-0.1, -0.05) is 30.3 Å². The third-order valence-corrected chi connectivity index (χ3v) is 16.0. The number of ether oxygens (including phenoxy) is 4. The minimum atomic E-state index is -3.55. The van der Waals surface area contributed by atoms with E-state index in [0.29, 0.717) is 29.9 Å². The molecule has 0 amide bonds. The monoisotopic (exact) mass is 1430 g/mol. The van der Waals surface area contributed by atoms with E-state index >= 15 is 0 Å². The minimum Gasteiger partial charge on any atom is -0.481 e. The lowest BCUT2D eigenvalue weighted by Gasteiger charge is -2.18. The van der Waals surface area contributed by atoms with E-state index in [2.05, 4.69) is 9.46 Å². The van der Waals surface area contributed by atoms with E-state index in [1.807, 2.05) is 0 Å². The molecule has 5 aromatic carbocycles. The summed E-state index contributed by atoms with van der Waals surface area (Å²) >= 11 is 5.33. The number of nitro groups is 1. The molecule has 6 unspecified atom stereocenters. The largest absolute Gasteiger partial charge is 0.481 e. The fourth-order valence-electron chi connectivity index (χ4n) is 7.04. The molecular weight excluding hydrogens is 1350 g/mol. The van der Waals surface area contributed by atoms with Crippen molar-refractivity contribution in [3.05, 3.63) is 158 Å². The number of anilines is 4. The minimum absolute atomic E-state index is 0.0785. The van der Waals surface area contributed by atoms with Gasteiger partial charge in [-0.15, -0.1) is 11.6 Å². The average Bonchev–Trinajstić information content (AvgIpc) is 0.846. The van der Waals surface area contributed by atoms with Crippen molar-refractivity contribution >= 4 is 106 Å². The number of benzene rings is 5. The first-order valence-electron chi connectivity index (χ1n) is 28.2. The van der Waals surface area contributed by atoms with Crippen molar-refractivity contribution < 1.29 is 110 Å². The molecule has 0 aliphatic carbocycles. The van der Waals surface area contributed by atoms with Gasteiger partial charge >= 0.3 is 41.5 Å². The molecule has 0 aliphatic heterocycles. The number of carboxylic acids is 2. The summed E-state index contributed by atoms with van der Waals surface area (Å²) in [6.45, 7) is 17.3. The van der Waals surface area contributed by atoms with Crippen molar-refractivity contribution in [3.63, 3.8) is 0 Å². The third-order valence-electron chi connectivity index (χ3n) is 12.9. The molecule has 0 saturated heterocycles. The maximum absolute atomic E-state index is 13.8. The van der Waals surface area contributed by atoms with Gasteiger partial charge in [0.25, 0.3) is 0 Å². The second kappa shape index (κ2) is 39.9. The predicted molar refractivity (Wildman–Crippen MR) is 347 cm³/mol. The Bertz CT molecular complexity index is 3710. The van der Waals surface area contributed by atoms with Crippen molar-refractivity contribution in [2.45, 2.75) is 104 Å². The Balaban J connectivity index is 0.00000113. The lowest BCUT2D eigenvalue weighted by molar-refractivity contribution is -0.387. The van der Waals surface area contributed by atoms with Crippen LogP contribution in [0.5, 0.6) is 0 Å². The maximum atomic E-state index is 13.8. The van der Waals surface area contributed by atoms with E-state index in [9.17, 15) is 86.1 Å². The van der Waals surface area contributed by atoms with Crippen LogP contribution in [0.15, 0.2) is 91.0 Å². The molecule has 528 valence electrons. The number of carbonyl (C=O) groups is 6. The molecule has 0 bridgehead atoms. The van der Waals surface area contributed by atoms with Gasteiger partial charge in [0.15, 0.2) is 0 Å². The highest BCUT2D eigenvalue weighted by Crippen LogP contribution is 2.29. The highest BCUT2D eigenvalue weighted by atomic mass is 35.5. The standard InChI is InChI=1S/C12H16FNO4S.2C11H14FNO4S.C11H12FNO4.C11H14FNO2.C5H9ClO2/c1-4-18-12(15)8(2)9-5-6-11(10(13)7-9)14-19(3,16)17;2*1-7(11(14)15)8-4-5-10(9(12)6-8)13(2)18(3,16)17;1-3-17-11(14)7(2)8-4-5-10(13(15)16)9(12)6-8;1-3-15-11(14)7(2)8-4-5-10(13)9(12)6-8;1-3-8-5(7)4(2)6/h5-8,14H,4H2,1-3H3;2*4-7H,1-3H3,(H,14,15);4-7H,3H2,1-2H3;4-7H,3,13H2,1-2H3;4H,3H2,1-2H3. The highest BCUT2D eigenvalue weighted by Gasteiger charge is 2.25. The first-order chi connectivity index (χ1) is 43.7. The molecule has 0 spiro atoms. The summed E-state index contributed by atoms with van der Waals surface area (Å²) in [6, 6.07) is 19.0. The van der Waals surface area contributed by atoms with E-state index in [1.54, 1.807) is 61.5 Å². The molecule has 6 atom stereocenters. The Labute approximate surface area is 553 Å². The second-order valence-corrected chi connectivity index (χ2v) is 26.6. The van der Waals surface area contributed by atoms with Gasteiger partial charge in [-0.2, -0.15) is 4.39 Å². The number of rotatable bonds is 22. The van der Waals surface area contributed by atoms with E-state index in [4.69, 9.17) is 41.8 Å². The molecule has 0 aromatic heterocycles. The molecule has 5 N–H and O–H groups in total. The van der Waals surface area contributed by atoms with Crippen molar-refractivity contribution in [1.29, 1.82) is 0 Å². The number of hydrogen-bond donors (Lipinski definition) is 4. The van der Waals surface area contributed by atoms with E-state index in [1.165, 1.54) is 82.5 Å². The first kappa shape index (κ1) is 86.3. The normalized spacial score (nSPS) is 12.7. The van der Waals surface area contributed by atoms with Crippen molar-refractivity contribution in [1.82, 2.24) is 0 Å². The number of hydrogen-bond acceptors (Lipinski definition) is 19. The summed E-state index contributed by atoms with van der Waals surface area (Å²) in [5.74, 6) is -11.0. The Morgan fingerprint density at radius 3 is 1.06 bits per heavy atom. The van der Waals surface area contributed by atoms with Crippen LogP contribution in [0.2, 0.25) is 0 Å². The number of aliphatic carboxylic acids is 2. The third kappa shape index (κ3) is 29.7. The van der Waals surface area contributed by atoms with E-state index in [0.717, 1.165) is 57.7 Å².